The fourth-order valence-electron chi connectivity index (χ4n) is 9.18. The molecule has 360 valence electrons. The molecular weight excluding hydrogens is 882 g/mol. The van der Waals surface area contributed by atoms with Crippen LogP contribution in [0.4, 0.5) is 13.2 Å². The van der Waals surface area contributed by atoms with Crippen molar-refractivity contribution in [2.24, 2.45) is 5.41 Å². The maximum atomic E-state index is 16.1. The number of amides is 3. The van der Waals surface area contributed by atoms with Crippen molar-refractivity contribution in [3.63, 3.8) is 0 Å². The number of alkyl halides is 1. The number of carbonyl (C=O) groups excluding carboxylic acids is 3. The van der Waals surface area contributed by atoms with E-state index in [1.807, 2.05) is 88.0 Å². The highest BCUT2D eigenvalue weighted by atomic mass is 32.1. The highest BCUT2D eigenvalue weighted by molar-refractivity contribution is 7.13. The van der Waals surface area contributed by atoms with Crippen molar-refractivity contribution in [2.75, 3.05) is 32.9 Å². The minimum Gasteiger partial charge on any atom is -0.493 e. The summed E-state index contributed by atoms with van der Waals surface area (Å²) in [5.41, 5.74) is 4.68. The first-order chi connectivity index (χ1) is 31.8. The van der Waals surface area contributed by atoms with Crippen molar-refractivity contribution in [1.82, 2.24) is 30.4 Å². The summed E-state index contributed by atoms with van der Waals surface area (Å²) >= 11 is 1.56. The third-order valence-electron chi connectivity index (χ3n) is 12.5. The molecule has 4 heterocycles. The van der Waals surface area contributed by atoms with Gasteiger partial charge in [-0.2, -0.15) is 0 Å². The van der Waals surface area contributed by atoms with Crippen LogP contribution in [0.25, 0.3) is 21.3 Å². The molecule has 5 aromatic rings. The van der Waals surface area contributed by atoms with Gasteiger partial charge < -0.3 is 35.1 Å². The van der Waals surface area contributed by atoms with Crippen molar-refractivity contribution in [3.05, 3.63) is 106 Å². The van der Waals surface area contributed by atoms with Crippen LogP contribution in [0.2, 0.25) is 0 Å². The maximum Gasteiger partial charge on any atom is 0.246 e. The molecule has 0 radical (unpaired) electrons. The number of aliphatic hydroxyl groups is 1. The number of H-pyrrole nitrogens is 1. The average Bonchev–Trinajstić information content (AvgIpc) is 3.99. The Morgan fingerprint density at radius 2 is 1.70 bits per heavy atom. The molecule has 0 aliphatic carbocycles. The molecule has 5 atom stereocenters. The highest BCUT2D eigenvalue weighted by Gasteiger charge is 2.45. The number of nitrogens with zero attached hydrogens (tertiary/aromatic N) is 3. The predicted octanol–water partition coefficient (Wildman–Crippen LogP) is 8.34. The van der Waals surface area contributed by atoms with Gasteiger partial charge in [-0.25, -0.2) is 18.2 Å². The number of rotatable bonds is 18. The van der Waals surface area contributed by atoms with E-state index in [0.717, 1.165) is 38.2 Å². The fraction of sp³-hybridized carbons (Fsp3) is 0.490. The summed E-state index contributed by atoms with van der Waals surface area (Å²) in [6.45, 7) is 13.1. The standard InChI is InChI=1S/C51H63F3N6O6S/c1-30-22-37-36-12-8-9-13-40(36)57-44(37)45(60(30)28-51(6,7)54)43-38(52)24-35(25-39(43)53)66-20-11-10-19-65-21-18-42(62)58-47(50(3,4)5)49(64)59-27-34(61)23-41(59)48(63)55-26-32-14-16-33(17-15-32)46-31(2)56-29-67-46/h8-9,12-17,24-25,29-30,34,41,45,47,57,61H,10-11,18-23,26-28H2,1-7H3,(H,55,63)(H,58,62)/t30-,34-,41+,45-,47-/m1/s1. The van der Waals surface area contributed by atoms with Crippen molar-refractivity contribution in [3.8, 4) is 16.2 Å². The normalized spacial score (nSPS) is 19.4. The molecule has 2 aliphatic rings. The number of fused-ring (bicyclic) bond motifs is 3. The molecule has 1 saturated heterocycles. The number of benzene rings is 3. The van der Waals surface area contributed by atoms with Gasteiger partial charge in [-0.15, -0.1) is 11.3 Å². The smallest absolute Gasteiger partial charge is 0.246 e. The zero-order valence-corrected chi connectivity index (χ0v) is 40.2. The number of likely N-dealkylation sites (tertiary alicyclic amines) is 1. The topological polar surface area (TPSA) is 149 Å². The van der Waals surface area contributed by atoms with Gasteiger partial charge in [-0.05, 0) is 75.1 Å². The first-order valence-corrected chi connectivity index (χ1v) is 24.0. The second-order valence-corrected chi connectivity index (χ2v) is 20.4. The van der Waals surface area contributed by atoms with E-state index in [1.165, 1.54) is 30.9 Å². The van der Waals surface area contributed by atoms with E-state index in [2.05, 4.69) is 20.6 Å². The van der Waals surface area contributed by atoms with Crippen molar-refractivity contribution >= 4 is 40.0 Å². The number of hydrogen-bond acceptors (Lipinski definition) is 9. The van der Waals surface area contributed by atoms with E-state index in [4.69, 9.17) is 9.47 Å². The van der Waals surface area contributed by atoms with Gasteiger partial charge in [0.15, 0.2) is 0 Å². The molecular formula is C51H63F3N6O6S. The van der Waals surface area contributed by atoms with E-state index in [1.54, 1.807) is 16.8 Å². The van der Waals surface area contributed by atoms with Crippen LogP contribution in [0.15, 0.2) is 66.2 Å². The van der Waals surface area contributed by atoms with Gasteiger partial charge in [0.2, 0.25) is 17.7 Å². The first-order valence-electron chi connectivity index (χ1n) is 23.1. The number of aliphatic hydroxyl groups excluding tert-OH is 1. The van der Waals surface area contributed by atoms with Crippen molar-refractivity contribution in [2.45, 2.75) is 123 Å². The SMILES string of the molecule is Cc1ncsc1-c1ccc(CNC(=O)[C@@H]2C[C@@H](O)CN2C(=O)[C@@H](NC(=O)CCOCCCCOc2cc(F)c([C@@H]3c4[nH]c5ccccc5c4C[C@@H](C)N3CC(C)(C)F)c(F)c2)C(C)(C)C)cc1. The molecule has 0 bridgehead atoms. The first kappa shape index (κ1) is 49.6. The lowest BCUT2D eigenvalue weighted by molar-refractivity contribution is -0.144. The summed E-state index contributed by atoms with van der Waals surface area (Å²) < 4.78 is 58.8. The molecule has 2 aliphatic heterocycles. The number of hydrogen-bond donors (Lipinski definition) is 4. The molecule has 7 rings (SSSR count). The number of thiazole rings is 1. The number of para-hydroxylation sites is 1. The number of aromatic amines is 1. The lowest BCUT2D eigenvalue weighted by Crippen LogP contribution is -2.57. The summed E-state index contributed by atoms with van der Waals surface area (Å²) in [5.74, 6) is -2.76. The molecule has 67 heavy (non-hydrogen) atoms. The van der Waals surface area contributed by atoms with Crippen LogP contribution < -0.4 is 15.4 Å². The fourth-order valence-corrected chi connectivity index (χ4v) is 9.99. The van der Waals surface area contributed by atoms with E-state index in [0.29, 0.717) is 31.6 Å². The Morgan fingerprint density at radius 1 is 1.00 bits per heavy atom. The molecule has 0 saturated carbocycles. The lowest BCUT2D eigenvalue weighted by Gasteiger charge is -2.43. The third kappa shape index (κ3) is 11.9. The second kappa shape index (κ2) is 20.9. The van der Waals surface area contributed by atoms with E-state index < -0.39 is 58.8 Å². The van der Waals surface area contributed by atoms with Crippen LogP contribution >= 0.6 is 11.3 Å². The number of nitrogens with one attached hydrogen (secondary N) is 3. The Bertz CT molecular complexity index is 2510. The summed E-state index contributed by atoms with van der Waals surface area (Å²) in [7, 11) is 0. The molecule has 3 amide bonds. The van der Waals surface area contributed by atoms with Gasteiger partial charge in [-0.1, -0.05) is 63.2 Å². The quantitative estimate of drug-likeness (QED) is 0.0642. The number of ether oxygens (including phenoxy) is 2. The van der Waals surface area contributed by atoms with Gasteiger partial charge in [0.1, 0.15) is 35.1 Å². The maximum absolute atomic E-state index is 16.1. The van der Waals surface area contributed by atoms with Crippen LogP contribution in [-0.2, 0) is 32.1 Å². The summed E-state index contributed by atoms with van der Waals surface area (Å²) in [6.07, 6.45) is 0.828. The van der Waals surface area contributed by atoms with Gasteiger partial charge in [0, 0.05) is 79.4 Å². The summed E-state index contributed by atoms with van der Waals surface area (Å²) in [6, 6.07) is 15.0. The molecule has 4 N–H and O–H groups in total. The van der Waals surface area contributed by atoms with Crippen LogP contribution in [0.3, 0.4) is 0 Å². The van der Waals surface area contributed by atoms with Crippen LogP contribution in [0, 0.1) is 24.0 Å². The van der Waals surface area contributed by atoms with Crippen LogP contribution in [0.1, 0.15) is 101 Å². The largest absolute Gasteiger partial charge is 0.493 e. The van der Waals surface area contributed by atoms with Crippen LogP contribution in [0.5, 0.6) is 5.75 Å². The monoisotopic (exact) mass is 944 g/mol. The van der Waals surface area contributed by atoms with Crippen molar-refractivity contribution in [1.29, 1.82) is 0 Å². The van der Waals surface area contributed by atoms with Crippen LogP contribution in [-0.4, -0.2) is 105 Å². The number of unbranched alkanes of at least 4 members (excludes halogenated alkanes) is 1. The van der Waals surface area contributed by atoms with Crippen molar-refractivity contribution < 1.29 is 42.1 Å². The number of halogens is 3. The average molecular weight is 945 g/mol. The minimum absolute atomic E-state index is 0.0187. The van der Waals surface area contributed by atoms with Gasteiger partial charge in [0.25, 0.3) is 0 Å². The van der Waals surface area contributed by atoms with E-state index >= 15 is 13.2 Å². The molecule has 0 unspecified atom stereocenters. The number of β-amino-alcohol motifs (C(OH)–C–C–N with tert-alkyl or cyclic N) is 1. The summed E-state index contributed by atoms with van der Waals surface area (Å²) in [5, 5.41) is 17.3. The van der Waals surface area contributed by atoms with Gasteiger partial charge >= 0.3 is 0 Å². The molecule has 0 spiro atoms. The number of carbonyl (C=O) groups is 3. The van der Waals surface area contributed by atoms with Gasteiger partial charge in [0.05, 0.1) is 41.4 Å². The minimum atomic E-state index is -1.61. The second-order valence-electron chi connectivity index (χ2n) is 19.6. The Kier molecular flexibility index (Phi) is 15.5. The molecule has 3 aromatic carbocycles. The molecule has 1 fully saturated rings. The Balaban J connectivity index is 0.865. The molecule has 12 nitrogen and oxygen atoms in total. The molecule has 2 aromatic heterocycles. The molecule has 16 heteroatoms. The predicted molar refractivity (Wildman–Crippen MR) is 253 cm³/mol. The Morgan fingerprint density at radius 3 is 2.37 bits per heavy atom. The zero-order chi connectivity index (χ0) is 48.2. The highest BCUT2D eigenvalue weighted by Crippen LogP contribution is 2.44. The van der Waals surface area contributed by atoms with Gasteiger partial charge in [-0.3, -0.25) is 19.3 Å². The van der Waals surface area contributed by atoms with E-state index in [-0.39, 0.29) is 69.0 Å². The zero-order valence-electron chi connectivity index (χ0n) is 39.4. The third-order valence-corrected chi connectivity index (χ3v) is 13.5. The number of aromatic nitrogens is 2. The lowest BCUT2D eigenvalue weighted by atomic mass is 9.85. The Labute approximate surface area is 394 Å². The summed E-state index contributed by atoms with van der Waals surface area (Å²) in [4.78, 5) is 52.6. The van der Waals surface area contributed by atoms with E-state index in [9.17, 15) is 19.5 Å². The number of aryl methyl sites for hydroxylation is 1. The Hall–Kier alpha value is -5.29.